The van der Waals surface area contributed by atoms with E-state index >= 15 is 0 Å². The minimum atomic E-state index is 0.894. The molecule has 1 rings (SSSR count). The minimum Gasteiger partial charge on any atom is -0.398 e. The smallest absolute Gasteiger partial charge is 0.0349 e. The van der Waals surface area contributed by atoms with E-state index in [1.165, 1.54) is 11.1 Å². The van der Waals surface area contributed by atoms with Crippen molar-refractivity contribution in [1.29, 1.82) is 0 Å². The summed E-state index contributed by atoms with van der Waals surface area (Å²) in [5, 5.41) is 0. The summed E-state index contributed by atoms with van der Waals surface area (Å²) in [6, 6.07) is 6.28. The van der Waals surface area contributed by atoms with Gasteiger partial charge in [-0.2, -0.15) is 0 Å². The number of aliphatic imine (C=N–C) groups is 1. The highest BCUT2D eigenvalue weighted by atomic mass is 14.7. The third-order valence-electron chi connectivity index (χ3n) is 2.43. The average molecular weight is 190 g/mol. The normalized spacial score (nSPS) is 11.8. The van der Waals surface area contributed by atoms with E-state index in [1.807, 2.05) is 20.0 Å². The fourth-order valence-corrected chi connectivity index (χ4v) is 1.45. The van der Waals surface area contributed by atoms with Gasteiger partial charge in [0.1, 0.15) is 0 Å². The summed E-state index contributed by atoms with van der Waals surface area (Å²) in [5.74, 6) is 0. The van der Waals surface area contributed by atoms with Crippen LogP contribution in [0.25, 0.3) is 0 Å². The SMILES string of the molecule is CCc1ccc(CC(C)=NC)cc1N. The van der Waals surface area contributed by atoms with Crippen LogP contribution in [0.5, 0.6) is 0 Å². The van der Waals surface area contributed by atoms with Gasteiger partial charge in [0.2, 0.25) is 0 Å². The van der Waals surface area contributed by atoms with Crippen LogP contribution < -0.4 is 5.73 Å². The Morgan fingerprint density at radius 2 is 2.14 bits per heavy atom. The molecule has 0 spiro atoms. The molecular weight excluding hydrogens is 172 g/mol. The van der Waals surface area contributed by atoms with Crippen LogP contribution in [0, 0.1) is 0 Å². The Hall–Kier alpha value is -1.31. The van der Waals surface area contributed by atoms with E-state index in [1.54, 1.807) is 0 Å². The summed E-state index contributed by atoms with van der Waals surface area (Å²) in [6.45, 7) is 4.15. The van der Waals surface area contributed by atoms with E-state index in [0.29, 0.717) is 0 Å². The Morgan fingerprint density at radius 1 is 1.43 bits per heavy atom. The number of hydrogen-bond acceptors (Lipinski definition) is 2. The molecule has 76 valence electrons. The highest BCUT2D eigenvalue weighted by Gasteiger charge is 2.00. The molecule has 0 aliphatic heterocycles. The molecule has 1 aromatic carbocycles. The van der Waals surface area contributed by atoms with Crippen LogP contribution in [0.2, 0.25) is 0 Å². The number of aryl methyl sites for hydroxylation is 1. The summed E-state index contributed by atoms with van der Waals surface area (Å²) in [5.41, 5.74) is 10.4. The van der Waals surface area contributed by atoms with Crippen LogP contribution >= 0.6 is 0 Å². The van der Waals surface area contributed by atoms with Gasteiger partial charge < -0.3 is 5.73 Å². The number of nitrogens with two attached hydrogens (primary N) is 1. The van der Waals surface area contributed by atoms with E-state index in [2.05, 4.69) is 24.0 Å². The van der Waals surface area contributed by atoms with Crippen molar-refractivity contribution in [2.45, 2.75) is 26.7 Å². The summed E-state index contributed by atoms with van der Waals surface area (Å²) >= 11 is 0. The Balaban J connectivity index is 2.86. The van der Waals surface area contributed by atoms with Crippen molar-refractivity contribution in [2.24, 2.45) is 4.99 Å². The standard InChI is InChI=1S/C12H18N2/c1-4-11-6-5-10(8-12(11)13)7-9(2)14-3/h5-6,8H,4,7,13H2,1-3H3. The Kier molecular flexibility index (Phi) is 3.69. The van der Waals surface area contributed by atoms with Crippen molar-refractivity contribution in [3.05, 3.63) is 29.3 Å². The number of hydrogen-bond donors (Lipinski definition) is 1. The molecule has 2 nitrogen and oxygen atoms in total. The lowest BCUT2D eigenvalue weighted by Crippen LogP contribution is -2.00. The fourth-order valence-electron chi connectivity index (χ4n) is 1.45. The lowest BCUT2D eigenvalue weighted by Gasteiger charge is -2.06. The molecule has 0 heterocycles. The number of anilines is 1. The topological polar surface area (TPSA) is 38.4 Å². The molecule has 0 fully saturated rings. The van der Waals surface area contributed by atoms with Gasteiger partial charge in [-0.25, -0.2) is 0 Å². The molecule has 0 atom stereocenters. The highest BCUT2D eigenvalue weighted by Crippen LogP contribution is 2.15. The van der Waals surface area contributed by atoms with Crippen LogP contribution in [-0.2, 0) is 12.8 Å². The van der Waals surface area contributed by atoms with E-state index in [0.717, 1.165) is 24.2 Å². The van der Waals surface area contributed by atoms with Crippen molar-refractivity contribution in [3.63, 3.8) is 0 Å². The first-order chi connectivity index (χ1) is 6.67. The predicted octanol–water partition coefficient (Wildman–Crippen LogP) is 2.46. The quantitative estimate of drug-likeness (QED) is 0.577. The summed E-state index contributed by atoms with van der Waals surface area (Å²) in [4.78, 5) is 4.13. The molecule has 0 aromatic heterocycles. The Bertz CT molecular complexity index is 340. The van der Waals surface area contributed by atoms with Gasteiger partial charge in [0.05, 0.1) is 0 Å². The highest BCUT2D eigenvalue weighted by molar-refractivity contribution is 5.84. The lowest BCUT2D eigenvalue weighted by atomic mass is 10.0. The van der Waals surface area contributed by atoms with Crippen LogP contribution in [0.4, 0.5) is 5.69 Å². The average Bonchev–Trinajstić information content (AvgIpc) is 2.18. The maximum Gasteiger partial charge on any atom is 0.0349 e. The first-order valence-electron chi connectivity index (χ1n) is 4.97. The molecule has 0 saturated heterocycles. The van der Waals surface area contributed by atoms with Gasteiger partial charge in [0.25, 0.3) is 0 Å². The zero-order chi connectivity index (χ0) is 10.6. The van der Waals surface area contributed by atoms with Crippen LogP contribution in [0.3, 0.4) is 0 Å². The van der Waals surface area contributed by atoms with Gasteiger partial charge >= 0.3 is 0 Å². The van der Waals surface area contributed by atoms with Crippen molar-refractivity contribution in [1.82, 2.24) is 0 Å². The van der Waals surface area contributed by atoms with E-state index in [9.17, 15) is 0 Å². The molecule has 2 N–H and O–H groups in total. The van der Waals surface area contributed by atoms with E-state index in [4.69, 9.17) is 5.73 Å². The lowest BCUT2D eigenvalue weighted by molar-refractivity contribution is 1.13. The second kappa shape index (κ2) is 4.80. The second-order valence-corrected chi connectivity index (χ2v) is 3.52. The largest absolute Gasteiger partial charge is 0.398 e. The van der Waals surface area contributed by atoms with E-state index in [-0.39, 0.29) is 0 Å². The van der Waals surface area contributed by atoms with Gasteiger partial charge in [0, 0.05) is 24.9 Å². The van der Waals surface area contributed by atoms with Crippen LogP contribution in [0.15, 0.2) is 23.2 Å². The van der Waals surface area contributed by atoms with Crippen LogP contribution in [0.1, 0.15) is 25.0 Å². The van der Waals surface area contributed by atoms with E-state index < -0.39 is 0 Å². The number of rotatable bonds is 3. The molecule has 0 aliphatic carbocycles. The van der Waals surface area contributed by atoms with Crippen molar-refractivity contribution in [3.8, 4) is 0 Å². The number of nitrogens with zero attached hydrogens (tertiary/aromatic N) is 1. The number of nitrogen functional groups attached to an aromatic ring is 1. The monoisotopic (exact) mass is 190 g/mol. The minimum absolute atomic E-state index is 0.894. The van der Waals surface area contributed by atoms with Gasteiger partial charge in [-0.3, -0.25) is 4.99 Å². The number of benzene rings is 1. The molecule has 0 saturated carbocycles. The molecule has 0 amide bonds. The zero-order valence-corrected chi connectivity index (χ0v) is 9.17. The molecule has 14 heavy (non-hydrogen) atoms. The predicted molar refractivity (Wildman–Crippen MR) is 63.0 cm³/mol. The first-order valence-corrected chi connectivity index (χ1v) is 4.97. The zero-order valence-electron chi connectivity index (χ0n) is 9.17. The van der Waals surface area contributed by atoms with Crippen molar-refractivity contribution in [2.75, 3.05) is 12.8 Å². The molecule has 0 bridgehead atoms. The molecule has 0 radical (unpaired) electrons. The van der Waals surface area contributed by atoms with Crippen molar-refractivity contribution < 1.29 is 0 Å². The van der Waals surface area contributed by atoms with Gasteiger partial charge in [-0.1, -0.05) is 19.1 Å². The molecule has 0 aliphatic rings. The first kappa shape index (κ1) is 10.8. The molecule has 1 aromatic rings. The fraction of sp³-hybridized carbons (Fsp3) is 0.417. The summed E-state index contributed by atoms with van der Waals surface area (Å²) < 4.78 is 0. The van der Waals surface area contributed by atoms with Gasteiger partial charge in [0.15, 0.2) is 0 Å². The third-order valence-corrected chi connectivity index (χ3v) is 2.43. The maximum atomic E-state index is 5.91. The third kappa shape index (κ3) is 2.59. The second-order valence-electron chi connectivity index (χ2n) is 3.52. The summed E-state index contributed by atoms with van der Waals surface area (Å²) in [6.07, 6.45) is 1.89. The maximum absolute atomic E-state index is 5.91. The molecular formula is C12H18N2. The van der Waals surface area contributed by atoms with Crippen LogP contribution in [-0.4, -0.2) is 12.8 Å². The summed E-state index contributed by atoms with van der Waals surface area (Å²) in [7, 11) is 1.82. The molecule has 0 unspecified atom stereocenters. The Labute approximate surface area is 85.9 Å². The molecule has 2 heteroatoms. The Morgan fingerprint density at radius 3 is 2.64 bits per heavy atom. The van der Waals surface area contributed by atoms with Gasteiger partial charge in [-0.05, 0) is 30.5 Å². The van der Waals surface area contributed by atoms with Crippen molar-refractivity contribution >= 4 is 11.4 Å². The van der Waals surface area contributed by atoms with Gasteiger partial charge in [-0.15, -0.1) is 0 Å².